The van der Waals surface area contributed by atoms with Gasteiger partial charge in [-0.15, -0.1) is 0 Å². The highest BCUT2D eigenvalue weighted by atomic mass is 19.1. The van der Waals surface area contributed by atoms with Gasteiger partial charge in [-0.2, -0.15) is 0 Å². The predicted octanol–water partition coefficient (Wildman–Crippen LogP) is 1.51. The maximum Gasteiger partial charge on any atom is 0.509 e. The van der Waals surface area contributed by atoms with Gasteiger partial charge in [-0.05, 0) is 99.1 Å². The van der Waals surface area contributed by atoms with Crippen LogP contribution < -0.4 is 27.0 Å². The van der Waals surface area contributed by atoms with Gasteiger partial charge in [0.25, 0.3) is 11.8 Å². The Balaban J connectivity index is 0.917. The van der Waals surface area contributed by atoms with Gasteiger partial charge in [0.15, 0.2) is 35.7 Å². The summed E-state index contributed by atoms with van der Waals surface area (Å²) in [5, 5.41) is 71.7. The Hall–Kier alpha value is -7.41. The van der Waals surface area contributed by atoms with Crippen LogP contribution >= 0.6 is 0 Å². The smallest absolute Gasteiger partial charge is 0.429 e. The van der Waals surface area contributed by atoms with Crippen LogP contribution in [-0.4, -0.2) is 252 Å². The lowest BCUT2D eigenvalue weighted by molar-refractivity contribution is -0.234. The number of anilines is 1. The minimum Gasteiger partial charge on any atom is -0.429 e. The molecule has 0 aromatic heterocycles. The van der Waals surface area contributed by atoms with Crippen molar-refractivity contribution in [2.24, 2.45) is 46.2 Å². The summed E-state index contributed by atoms with van der Waals surface area (Å²) >= 11 is 0. The average molecular weight is 1490 g/mol. The Morgan fingerprint density at radius 3 is 2.03 bits per heavy atom. The number of Topliss-reactive ketones (excluding diaryl/α,β-unsaturated/α-hetero) is 3. The highest BCUT2D eigenvalue weighted by Crippen LogP contribution is 2.72. The number of allylic oxidation sites excluding steroid dienone is 4. The number of carbonyl (C=O) groups is 11. The van der Waals surface area contributed by atoms with Gasteiger partial charge in [0, 0.05) is 85.2 Å². The number of benzene rings is 1. The van der Waals surface area contributed by atoms with Crippen LogP contribution in [-0.2, 0) is 87.7 Å². The van der Waals surface area contributed by atoms with Crippen LogP contribution in [0.25, 0.3) is 0 Å². The van der Waals surface area contributed by atoms with E-state index < -0.39 is 211 Å². The van der Waals surface area contributed by atoms with Crippen molar-refractivity contribution in [3.63, 3.8) is 0 Å². The van der Waals surface area contributed by atoms with Crippen molar-refractivity contribution in [2.75, 3.05) is 91.0 Å². The molecule has 4 aliphatic carbocycles. The minimum atomic E-state index is -2.43. The number of hydrogen-bond donors (Lipinski definition) is 11. The van der Waals surface area contributed by atoms with E-state index in [-0.39, 0.29) is 129 Å². The lowest BCUT2D eigenvalue weighted by Gasteiger charge is -2.63. The second-order valence-electron chi connectivity index (χ2n) is 28.2. The summed E-state index contributed by atoms with van der Waals surface area (Å²) in [7, 11) is 0. The van der Waals surface area contributed by atoms with E-state index >= 15 is 8.78 Å². The van der Waals surface area contributed by atoms with E-state index in [0.29, 0.717) is 18.4 Å². The molecule has 2 heterocycles. The molecule has 0 radical (unpaired) electrons. The van der Waals surface area contributed by atoms with Crippen molar-refractivity contribution in [2.45, 2.75) is 185 Å². The number of ether oxygens (including phenoxy) is 8. The van der Waals surface area contributed by atoms with E-state index in [1.165, 1.54) is 55.5 Å². The first-order chi connectivity index (χ1) is 49.8. The Bertz CT molecular complexity index is 3310. The summed E-state index contributed by atoms with van der Waals surface area (Å²) in [4.78, 5) is 146. The number of hydrogen-bond acceptors (Lipinski definition) is 25. The summed E-state index contributed by atoms with van der Waals surface area (Å²) in [5.74, 6) is -10.0. The molecule has 1 unspecified atom stereocenters. The standard InChI is InChI=1S/C72H102F2N6O25/c1-6-8-61-104-57-35-48-49-34-51(73)50-33-46(82)18-20-69(50,4)71(49,74)55(87)36-70(48,5)72(57,105-61)56(88)40-103-68(97)102-39-42-10-13-45(14-11-42)78-65(94)43(9-7-21-76-67(75)96)32-52(84)62(41(2)3)79-66(95)44(12-15-58(89)77-37-53(85)63(92)64(93)54(86)38-81)31-47(83)19-23-98-25-27-100-29-30-101-28-26-99-24-22-80-59(90)16-17-60(80)91/h10-11,13-14,16-18,20,33,41,43-44,48-49,51,53-55,57,61-64,81,85-87,92-93H,6-9,12,15,19,21-32,34-40H2,1-5H3,(H,77,89)(H,78,94)(H,79,95)(H3,75,76,96)/t43-,44+,48+,49+,51+,53+,54-,55+,57-,61?,62+,63-,64-,69+,70+,71+,72-/m1/s1. The molecule has 31 nitrogen and oxygen atoms in total. The molecule has 1 aromatic rings. The predicted molar refractivity (Wildman–Crippen MR) is 365 cm³/mol. The number of fused-ring (bicyclic) bond motifs is 7. The van der Waals surface area contributed by atoms with E-state index in [1.807, 2.05) is 6.92 Å². The molecule has 1 saturated heterocycles. The number of alkyl halides is 2. The average Bonchev–Trinajstić information content (AvgIpc) is 1.55. The molecule has 105 heavy (non-hydrogen) atoms. The van der Waals surface area contributed by atoms with Gasteiger partial charge in [-0.1, -0.05) is 52.3 Å². The summed E-state index contributed by atoms with van der Waals surface area (Å²) in [6.45, 7) is 6.83. The lowest BCUT2D eigenvalue weighted by Crippen LogP contribution is -2.71. The fraction of sp³-hybridized carbons (Fsp3) is 0.681. The zero-order valence-corrected chi connectivity index (χ0v) is 59.9. The van der Waals surface area contributed by atoms with E-state index in [2.05, 4.69) is 21.3 Å². The maximum atomic E-state index is 18.0. The number of carbonyl (C=O) groups excluding carboxylic acids is 11. The molecular formula is C72H102F2N6O25. The first-order valence-electron chi connectivity index (χ1n) is 35.7. The normalized spacial score (nSPS) is 27.1. The largest absolute Gasteiger partial charge is 0.509 e. The number of nitrogens with one attached hydrogen (secondary N) is 4. The third kappa shape index (κ3) is 21.1. The molecule has 3 saturated carbocycles. The van der Waals surface area contributed by atoms with Gasteiger partial charge in [0.05, 0.1) is 90.4 Å². The van der Waals surface area contributed by atoms with Gasteiger partial charge in [-0.3, -0.25) is 48.1 Å². The third-order valence-corrected chi connectivity index (χ3v) is 20.8. The van der Waals surface area contributed by atoms with Crippen LogP contribution in [0.5, 0.6) is 0 Å². The van der Waals surface area contributed by atoms with Gasteiger partial charge in [0.2, 0.25) is 23.5 Å². The number of urea groups is 1. The molecule has 0 bridgehead atoms. The zero-order chi connectivity index (χ0) is 77.0. The van der Waals surface area contributed by atoms with Crippen LogP contribution in [0.2, 0.25) is 0 Å². The Morgan fingerprint density at radius 2 is 1.40 bits per heavy atom. The van der Waals surface area contributed by atoms with Crippen LogP contribution in [0.4, 0.5) is 24.1 Å². The van der Waals surface area contributed by atoms with Crippen LogP contribution in [0.1, 0.15) is 117 Å². The van der Waals surface area contributed by atoms with Gasteiger partial charge in [-0.25, -0.2) is 18.4 Å². The first kappa shape index (κ1) is 84.8. The molecule has 6 aliphatic rings. The number of primary amides is 1. The Kier molecular flexibility index (Phi) is 31.4. The highest BCUT2D eigenvalue weighted by molar-refractivity contribution is 6.13. The van der Waals surface area contributed by atoms with Crippen molar-refractivity contribution in [3.05, 3.63) is 65.8 Å². The van der Waals surface area contributed by atoms with Crippen LogP contribution in [0, 0.1) is 40.4 Å². The van der Waals surface area contributed by atoms with E-state index in [0.717, 1.165) is 11.0 Å². The fourth-order valence-electron chi connectivity index (χ4n) is 15.1. The first-order valence-corrected chi connectivity index (χ1v) is 35.7. The quantitative estimate of drug-likeness (QED) is 0.0250. The molecule has 33 heteroatoms. The summed E-state index contributed by atoms with van der Waals surface area (Å²) in [5.41, 5.74) is -1.42. The lowest BCUT2D eigenvalue weighted by atomic mass is 9.44. The number of nitrogens with zero attached hydrogens (tertiary/aromatic N) is 1. The SMILES string of the molecule is CCCC1O[C@@H]2C[C@H]3[C@@H]4C[C@H](F)C5=CC(=O)C=C[C@]5(C)[C@@]4(F)[C@@H](O)C[C@]3(C)[C@]2(C(=O)COC(=O)OCc2ccc(NC(=O)[C@H](CCCNC(N)=O)CC(=O)[C@@H](NC(=O)[C@@H](CCC(=O)NC[C@H](O)[C@@H](O)[C@H](O)[C@H](O)CO)CC(=O)CCOCCOCCOCCOCCN3C(=O)C=CC3=O)C(C)C)cc2)O1. The Labute approximate surface area is 606 Å². The van der Waals surface area contributed by atoms with Gasteiger partial charge in [0.1, 0.15) is 36.9 Å². The molecule has 2 aliphatic heterocycles. The molecule has 7 rings (SSSR count). The second kappa shape index (κ2) is 38.9. The third-order valence-electron chi connectivity index (χ3n) is 20.8. The summed E-state index contributed by atoms with van der Waals surface area (Å²) in [6, 6.07) is 3.91. The Morgan fingerprint density at radius 1 is 0.771 bits per heavy atom. The molecule has 0 spiro atoms. The topological polar surface area (TPSA) is 460 Å². The van der Waals surface area contributed by atoms with Crippen LogP contribution in [0.15, 0.2) is 60.2 Å². The van der Waals surface area contributed by atoms with Crippen LogP contribution in [0.3, 0.4) is 0 Å². The zero-order valence-electron chi connectivity index (χ0n) is 59.9. The molecule has 1 aromatic carbocycles. The number of rotatable bonds is 45. The molecule has 7 amide bonds. The van der Waals surface area contributed by atoms with E-state index in [1.54, 1.807) is 20.8 Å². The van der Waals surface area contributed by atoms with Crippen molar-refractivity contribution in [1.29, 1.82) is 0 Å². The fourth-order valence-corrected chi connectivity index (χ4v) is 15.1. The van der Waals surface area contributed by atoms with E-state index in [9.17, 15) is 78.3 Å². The number of aliphatic hydroxyl groups is 6. The van der Waals surface area contributed by atoms with Crippen molar-refractivity contribution in [3.8, 4) is 0 Å². The number of amides is 7. The molecule has 4 fully saturated rings. The van der Waals surface area contributed by atoms with Crippen molar-refractivity contribution in [1.82, 2.24) is 20.9 Å². The number of imide groups is 1. The van der Waals surface area contributed by atoms with Crippen molar-refractivity contribution >= 4 is 70.5 Å². The number of halogens is 2. The molecule has 12 N–H and O–H groups in total. The molecule has 17 atom stereocenters. The summed E-state index contributed by atoms with van der Waals surface area (Å²) in [6.07, 6.45) is -9.30. The van der Waals surface area contributed by atoms with Crippen molar-refractivity contribution < 1.29 is 130 Å². The second-order valence-corrected chi connectivity index (χ2v) is 28.2. The monoisotopic (exact) mass is 1490 g/mol. The highest BCUT2D eigenvalue weighted by Gasteiger charge is 2.80. The summed E-state index contributed by atoms with van der Waals surface area (Å²) < 4.78 is 79.8. The van der Waals surface area contributed by atoms with E-state index in [4.69, 9.17) is 48.7 Å². The number of ketones is 4. The minimum absolute atomic E-state index is 0.0288. The maximum absolute atomic E-state index is 18.0. The number of nitrogens with two attached hydrogens (primary N) is 1. The molecular weight excluding hydrogens is 1390 g/mol. The number of aliphatic hydroxyl groups excluding tert-OH is 6. The van der Waals surface area contributed by atoms with Gasteiger partial charge >= 0.3 is 12.2 Å². The van der Waals surface area contributed by atoms with Gasteiger partial charge < -0.3 is 95.5 Å². The molecule has 584 valence electrons.